The van der Waals surface area contributed by atoms with Crippen LogP contribution in [0.15, 0.2) is 46.9 Å². The first kappa shape index (κ1) is 13.9. The molecule has 4 heteroatoms. The predicted octanol–water partition coefficient (Wildman–Crippen LogP) is 5.00. The van der Waals surface area contributed by atoms with E-state index in [2.05, 4.69) is 15.9 Å². The van der Waals surface area contributed by atoms with Crippen molar-refractivity contribution in [2.75, 3.05) is 0 Å². The lowest BCUT2D eigenvalue weighted by molar-refractivity contribution is 0.721. The molecule has 0 amide bonds. The zero-order valence-electron chi connectivity index (χ0n) is 9.54. The van der Waals surface area contributed by atoms with E-state index in [9.17, 15) is 0 Å². The Kier molecular flexibility index (Phi) is 4.68. The fourth-order valence-corrected chi connectivity index (χ4v) is 2.91. The molecule has 2 aromatic carbocycles. The number of benzene rings is 2. The van der Waals surface area contributed by atoms with Crippen molar-refractivity contribution in [2.24, 2.45) is 5.73 Å². The smallest absolute Gasteiger partial charge is 0.0438 e. The van der Waals surface area contributed by atoms with Gasteiger partial charge in [0, 0.05) is 20.6 Å². The minimum Gasteiger partial charge on any atom is -0.324 e. The van der Waals surface area contributed by atoms with Gasteiger partial charge in [-0.05, 0) is 41.8 Å². The van der Waals surface area contributed by atoms with Crippen molar-refractivity contribution < 1.29 is 0 Å². The lowest BCUT2D eigenvalue weighted by Gasteiger charge is -2.14. The van der Waals surface area contributed by atoms with Gasteiger partial charge in [-0.3, -0.25) is 0 Å². The Morgan fingerprint density at radius 3 is 2.50 bits per heavy atom. The van der Waals surface area contributed by atoms with E-state index in [1.807, 2.05) is 42.5 Å². The molecule has 0 fully saturated rings. The normalized spacial score (nSPS) is 12.4. The number of halogens is 3. The summed E-state index contributed by atoms with van der Waals surface area (Å²) in [6.45, 7) is 0. The highest BCUT2D eigenvalue weighted by Crippen LogP contribution is 2.26. The largest absolute Gasteiger partial charge is 0.324 e. The average molecular weight is 345 g/mol. The highest BCUT2D eigenvalue weighted by Gasteiger charge is 2.10. The molecule has 2 N–H and O–H groups in total. The molecule has 0 radical (unpaired) electrons. The molecule has 0 aliphatic carbocycles. The third kappa shape index (κ3) is 3.48. The third-order valence-corrected chi connectivity index (χ3v) is 3.76. The summed E-state index contributed by atoms with van der Waals surface area (Å²) in [5.74, 6) is 0. The monoisotopic (exact) mass is 343 g/mol. The lowest BCUT2D eigenvalue weighted by Crippen LogP contribution is -2.13. The molecule has 1 nitrogen and oxygen atoms in total. The van der Waals surface area contributed by atoms with Crippen LogP contribution in [0.2, 0.25) is 10.0 Å². The number of hydrogen-bond acceptors (Lipinski definition) is 1. The summed E-state index contributed by atoms with van der Waals surface area (Å²) in [4.78, 5) is 0. The number of hydrogen-bond donors (Lipinski definition) is 1. The summed E-state index contributed by atoms with van der Waals surface area (Å²) < 4.78 is 0.930. The van der Waals surface area contributed by atoms with Crippen molar-refractivity contribution in [3.05, 3.63) is 68.1 Å². The van der Waals surface area contributed by atoms with Crippen molar-refractivity contribution in [3.63, 3.8) is 0 Å². The van der Waals surface area contributed by atoms with Gasteiger partial charge in [-0.15, -0.1) is 0 Å². The second-order valence-electron chi connectivity index (χ2n) is 4.10. The van der Waals surface area contributed by atoms with Crippen LogP contribution >= 0.6 is 39.1 Å². The standard InChI is InChI=1S/C14H12BrCl2N/c15-11-5-10(6-12(16)8-11)14(18)7-9-3-1-2-4-13(9)17/h1-6,8,14H,7,18H2. The molecule has 0 saturated heterocycles. The zero-order chi connectivity index (χ0) is 13.1. The van der Waals surface area contributed by atoms with Crippen LogP contribution in [0, 0.1) is 0 Å². The van der Waals surface area contributed by atoms with Gasteiger partial charge in [-0.1, -0.05) is 57.3 Å². The van der Waals surface area contributed by atoms with Crippen molar-refractivity contribution >= 4 is 39.1 Å². The van der Waals surface area contributed by atoms with Crippen molar-refractivity contribution in [3.8, 4) is 0 Å². The fraction of sp³-hybridized carbons (Fsp3) is 0.143. The quantitative estimate of drug-likeness (QED) is 0.833. The Hall–Kier alpha value is -0.540. The van der Waals surface area contributed by atoms with Gasteiger partial charge in [0.15, 0.2) is 0 Å². The van der Waals surface area contributed by atoms with E-state index in [0.29, 0.717) is 11.4 Å². The van der Waals surface area contributed by atoms with Crippen LogP contribution in [0.5, 0.6) is 0 Å². The number of nitrogens with two attached hydrogens (primary N) is 1. The van der Waals surface area contributed by atoms with Crippen LogP contribution < -0.4 is 5.73 Å². The molecule has 0 saturated carbocycles. The van der Waals surface area contributed by atoms with Gasteiger partial charge < -0.3 is 5.73 Å². The third-order valence-electron chi connectivity index (χ3n) is 2.71. The number of rotatable bonds is 3. The molecular formula is C14H12BrCl2N. The highest BCUT2D eigenvalue weighted by atomic mass is 79.9. The van der Waals surface area contributed by atoms with Crippen LogP contribution in [0.25, 0.3) is 0 Å². The first-order chi connectivity index (χ1) is 8.56. The summed E-state index contributed by atoms with van der Waals surface area (Å²) in [6, 6.07) is 13.3. The van der Waals surface area contributed by atoms with Crippen LogP contribution in [0.1, 0.15) is 17.2 Å². The van der Waals surface area contributed by atoms with Gasteiger partial charge in [-0.2, -0.15) is 0 Å². The molecule has 2 aromatic rings. The van der Waals surface area contributed by atoms with E-state index in [1.54, 1.807) is 0 Å². The van der Waals surface area contributed by atoms with Gasteiger partial charge in [0.1, 0.15) is 0 Å². The maximum absolute atomic E-state index is 6.20. The summed E-state index contributed by atoms with van der Waals surface area (Å²) in [5.41, 5.74) is 8.23. The van der Waals surface area contributed by atoms with Gasteiger partial charge in [-0.25, -0.2) is 0 Å². The van der Waals surface area contributed by atoms with E-state index in [4.69, 9.17) is 28.9 Å². The Bertz CT molecular complexity index is 537. The Morgan fingerprint density at radius 1 is 1.11 bits per heavy atom. The van der Waals surface area contributed by atoms with Crippen molar-refractivity contribution in [2.45, 2.75) is 12.5 Å². The molecule has 0 aliphatic heterocycles. The molecule has 1 atom stereocenters. The average Bonchev–Trinajstić information content (AvgIpc) is 2.31. The highest BCUT2D eigenvalue weighted by molar-refractivity contribution is 9.10. The summed E-state index contributed by atoms with van der Waals surface area (Å²) in [7, 11) is 0. The summed E-state index contributed by atoms with van der Waals surface area (Å²) >= 11 is 15.6. The molecule has 0 heterocycles. The molecule has 18 heavy (non-hydrogen) atoms. The molecule has 94 valence electrons. The SMILES string of the molecule is NC(Cc1ccccc1Cl)c1cc(Cl)cc(Br)c1. The molecular weight excluding hydrogens is 333 g/mol. The molecule has 1 unspecified atom stereocenters. The van der Waals surface area contributed by atoms with Gasteiger partial charge in [0.2, 0.25) is 0 Å². The van der Waals surface area contributed by atoms with E-state index >= 15 is 0 Å². The topological polar surface area (TPSA) is 26.0 Å². The molecule has 0 aliphatic rings. The van der Waals surface area contributed by atoms with Crippen LogP contribution in [0.4, 0.5) is 0 Å². The maximum atomic E-state index is 6.20. The Balaban J connectivity index is 2.22. The van der Waals surface area contributed by atoms with Gasteiger partial charge in [0.25, 0.3) is 0 Å². The molecule has 0 aromatic heterocycles. The first-order valence-electron chi connectivity index (χ1n) is 5.51. The predicted molar refractivity (Wildman–Crippen MR) is 81.2 cm³/mol. The van der Waals surface area contributed by atoms with E-state index in [-0.39, 0.29) is 6.04 Å². The molecule has 0 bridgehead atoms. The molecule has 0 spiro atoms. The minimum absolute atomic E-state index is 0.125. The minimum atomic E-state index is -0.125. The molecule has 2 rings (SSSR count). The second kappa shape index (κ2) is 6.07. The second-order valence-corrected chi connectivity index (χ2v) is 5.86. The van der Waals surface area contributed by atoms with E-state index < -0.39 is 0 Å². The van der Waals surface area contributed by atoms with E-state index in [0.717, 1.165) is 20.6 Å². The Labute approximate surface area is 125 Å². The van der Waals surface area contributed by atoms with Gasteiger partial charge >= 0.3 is 0 Å². The summed E-state index contributed by atoms with van der Waals surface area (Å²) in [5, 5.41) is 1.42. The van der Waals surface area contributed by atoms with Crippen LogP contribution in [0.3, 0.4) is 0 Å². The first-order valence-corrected chi connectivity index (χ1v) is 7.06. The van der Waals surface area contributed by atoms with Crippen LogP contribution in [-0.2, 0) is 6.42 Å². The van der Waals surface area contributed by atoms with Crippen molar-refractivity contribution in [1.29, 1.82) is 0 Å². The van der Waals surface area contributed by atoms with Gasteiger partial charge in [0.05, 0.1) is 0 Å². The van der Waals surface area contributed by atoms with Crippen molar-refractivity contribution in [1.82, 2.24) is 0 Å². The summed E-state index contributed by atoms with van der Waals surface area (Å²) in [6.07, 6.45) is 0.687. The fourth-order valence-electron chi connectivity index (χ4n) is 1.81. The van der Waals surface area contributed by atoms with E-state index in [1.165, 1.54) is 0 Å². The lowest BCUT2D eigenvalue weighted by atomic mass is 10.00. The zero-order valence-corrected chi connectivity index (χ0v) is 12.6. The van der Waals surface area contributed by atoms with Crippen LogP contribution in [-0.4, -0.2) is 0 Å². The maximum Gasteiger partial charge on any atom is 0.0438 e. The Morgan fingerprint density at radius 2 is 1.83 bits per heavy atom.